The van der Waals surface area contributed by atoms with Gasteiger partial charge in [-0.1, -0.05) is 19.1 Å². The maximum atomic E-state index is 12.3. The minimum Gasteiger partial charge on any atom is -0.462 e. The average Bonchev–Trinajstić information content (AvgIpc) is 2.85. The number of halogens is 1. The van der Waals surface area contributed by atoms with E-state index in [0.717, 1.165) is 16.0 Å². The summed E-state index contributed by atoms with van der Waals surface area (Å²) in [6, 6.07) is 7.16. The summed E-state index contributed by atoms with van der Waals surface area (Å²) in [5.74, 6) is -0.560. The summed E-state index contributed by atoms with van der Waals surface area (Å²) in [6.07, 6.45) is 0.936. The standard InChI is InChI=1S/C18H22N2O3S.ClH/c1-4-14-11(3)24-17(16(14)18(22)23-5-2)20-15(21)10-12-6-8-13(19)9-7-12;/h6-9H,4-5,10,19H2,1-3H3,(H,20,21);1H. The number of nitrogen functional groups attached to an aromatic ring is 1. The molecule has 0 saturated carbocycles. The molecule has 0 atom stereocenters. The number of amides is 1. The normalized spacial score (nSPS) is 10.0. The number of ether oxygens (including phenoxy) is 1. The summed E-state index contributed by atoms with van der Waals surface area (Å²) >= 11 is 1.41. The van der Waals surface area contributed by atoms with Crippen LogP contribution < -0.4 is 11.1 Å². The maximum Gasteiger partial charge on any atom is 0.341 e. The molecule has 0 aliphatic heterocycles. The molecule has 1 aromatic heterocycles. The van der Waals surface area contributed by atoms with Crippen molar-refractivity contribution in [3.05, 3.63) is 45.8 Å². The first-order valence-electron chi connectivity index (χ1n) is 7.89. The van der Waals surface area contributed by atoms with Gasteiger partial charge in [-0.3, -0.25) is 4.79 Å². The van der Waals surface area contributed by atoms with E-state index in [9.17, 15) is 9.59 Å². The summed E-state index contributed by atoms with van der Waals surface area (Å²) in [7, 11) is 0. The predicted octanol–water partition coefficient (Wildman–Crippen LogP) is 3.98. The number of nitrogens with one attached hydrogen (secondary N) is 1. The Morgan fingerprint density at radius 1 is 1.20 bits per heavy atom. The summed E-state index contributed by atoms with van der Waals surface area (Å²) in [6.45, 7) is 6.00. The van der Waals surface area contributed by atoms with Gasteiger partial charge in [0.2, 0.25) is 5.91 Å². The Morgan fingerprint density at radius 3 is 2.40 bits per heavy atom. The van der Waals surface area contributed by atoms with Crippen LogP contribution in [0.25, 0.3) is 0 Å². The van der Waals surface area contributed by atoms with E-state index in [1.54, 1.807) is 19.1 Å². The fraction of sp³-hybridized carbons (Fsp3) is 0.333. The van der Waals surface area contributed by atoms with Crippen molar-refractivity contribution >= 4 is 46.3 Å². The second-order valence-electron chi connectivity index (χ2n) is 5.38. The van der Waals surface area contributed by atoms with Crippen molar-refractivity contribution in [1.29, 1.82) is 0 Å². The summed E-state index contributed by atoms with van der Waals surface area (Å²) in [5, 5.41) is 3.41. The van der Waals surface area contributed by atoms with Gasteiger partial charge in [0.05, 0.1) is 18.6 Å². The van der Waals surface area contributed by atoms with Gasteiger partial charge in [-0.2, -0.15) is 0 Å². The Balaban J connectivity index is 0.00000312. The number of benzene rings is 1. The third-order valence-corrected chi connectivity index (χ3v) is 4.70. The first-order chi connectivity index (χ1) is 11.5. The van der Waals surface area contributed by atoms with Crippen LogP contribution in [0.5, 0.6) is 0 Å². The highest BCUT2D eigenvalue weighted by Crippen LogP contribution is 2.34. The number of hydrogen-bond acceptors (Lipinski definition) is 5. The molecule has 0 bridgehead atoms. The molecule has 2 rings (SSSR count). The fourth-order valence-electron chi connectivity index (χ4n) is 2.50. The van der Waals surface area contributed by atoms with Crippen LogP contribution in [-0.2, 0) is 22.4 Å². The van der Waals surface area contributed by atoms with Crippen LogP contribution >= 0.6 is 23.7 Å². The van der Waals surface area contributed by atoms with E-state index < -0.39 is 0 Å². The molecule has 0 unspecified atom stereocenters. The van der Waals surface area contributed by atoms with E-state index in [1.807, 2.05) is 26.0 Å². The van der Waals surface area contributed by atoms with Crippen molar-refractivity contribution in [1.82, 2.24) is 0 Å². The first kappa shape index (κ1) is 21.0. The van der Waals surface area contributed by atoms with Gasteiger partial charge in [0.1, 0.15) is 5.00 Å². The second kappa shape index (κ2) is 9.44. The molecule has 1 aromatic carbocycles. The summed E-state index contributed by atoms with van der Waals surface area (Å²) in [5.41, 5.74) is 8.58. The molecular weight excluding hydrogens is 360 g/mol. The molecule has 0 saturated heterocycles. The molecule has 2 aromatic rings. The zero-order chi connectivity index (χ0) is 17.7. The highest BCUT2D eigenvalue weighted by Gasteiger charge is 2.23. The van der Waals surface area contributed by atoms with Gasteiger partial charge < -0.3 is 15.8 Å². The van der Waals surface area contributed by atoms with Crippen molar-refractivity contribution in [2.45, 2.75) is 33.6 Å². The van der Waals surface area contributed by atoms with Gasteiger partial charge in [0.25, 0.3) is 0 Å². The lowest BCUT2D eigenvalue weighted by Crippen LogP contribution is -2.17. The summed E-state index contributed by atoms with van der Waals surface area (Å²) in [4.78, 5) is 25.6. The van der Waals surface area contributed by atoms with E-state index in [4.69, 9.17) is 10.5 Å². The quantitative estimate of drug-likeness (QED) is 0.584. The molecule has 0 aliphatic carbocycles. The van der Waals surface area contributed by atoms with Crippen LogP contribution in [0.1, 0.15) is 40.2 Å². The van der Waals surface area contributed by atoms with E-state index in [2.05, 4.69) is 5.32 Å². The number of hydrogen-bond donors (Lipinski definition) is 2. The molecule has 0 aliphatic rings. The van der Waals surface area contributed by atoms with E-state index in [-0.39, 0.29) is 30.7 Å². The topological polar surface area (TPSA) is 81.4 Å². The van der Waals surface area contributed by atoms with Gasteiger partial charge in [-0.15, -0.1) is 23.7 Å². The molecule has 3 N–H and O–H groups in total. The molecule has 136 valence electrons. The molecule has 0 spiro atoms. The minimum atomic E-state index is -0.388. The number of rotatable bonds is 6. The SMILES string of the molecule is CCOC(=O)c1c(NC(=O)Cc2ccc(N)cc2)sc(C)c1CC.Cl. The van der Waals surface area contributed by atoms with Gasteiger partial charge in [0.15, 0.2) is 0 Å². The van der Waals surface area contributed by atoms with Crippen LogP contribution in [0.4, 0.5) is 10.7 Å². The molecule has 1 amide bonds. The molecular formula is C18H23ClN2O3S. The molecule has 25 heavy (non-hydrogen) atoms. The number of esters is 1. The predicted molar refractivity (Wildman–Crippen MR) is 105 cm³/mol. The van der Waals surface area contributed by atoms with Crippen LogP contribution in [0.15, 0.2) is 24.3 Å². The lowest BCUT2D eigenvalue weighted by molar-refractivity contribution is -0.115. The minimum absolute atomic E-state index is 0. The number of anilines is 2. The monoisotopic (exact) mass is 382 g/mol. The lowest BCUT2D eigenvalue weighted by Gasteiger charge is -2.08. The zero-order valence-corrected chi connectivity index (χ0v) is 16.2. The fourth-order valence-corrected chi connectivity index (χ4v) is 3.65. The summed E-state index contributed by atoms with van der Waals surface area (Å²) < 4.78 is 5.14. The first-order valence-corrected chi connectivity index (χ1v) is 8.71. The van der Waals surface area contributed by atoms with Crippen molar-refractivity contribution in [2.75, 3.05) is 17.7 Å². The average molecular weight is 383 g/mol. The number of nitrogens with two attached hydrogens (primary N) is 1. The van der Waals surface area contributed by atoms with Crippen LogP contribution in [0.3, 0.4) is 0 Å². The Hall–Kier alpha value is -2.05. The smallest absolute Gasteiger partial charge is 0.341 e. The van der Waals surface area contributed by atoms with Gasteiger partial charge in [-0.25, -0.2) is 4.79 Å². The largest absolute Gasteiger partial charge is 0.462 e. The van der Waals surface area contributed by atoms with E-state index >= 15 is 0 Å². The van der Waals surface area contributed by atoms with Gasteiger partial charge in [0, 0.05) is 10.6 Å². The van der Waals surface area contributed by atoms with E-state index in [1.165, 1.54) is 11.3 Å². The van der Waals surface area contributed by atoms with Gasteiger partial charge >= 0.3 is 5.97 Å². The van der Waals surface area contributed by atoms with Crippen LogP contribution in [0, 0.1) is 6.92 Å². The second-order valence-corrected chi connectivity index (χ2v) is 6.61. The Labute approximate surface area is 158 Å². The number of carbonyl (C=O) groups excluding carboxylic acids is 2. The zero-order valence-electron chi connectivity index (χ0n) is 14.5. The molecule has 1 heterocycles. The third-order valence-electron chi connectivity index (χ3n) is 3.64. The molecule has 5 nitrogen and oxygen atoms in total. The highest BCUT2D eigenvalue weighted by molar-refractivity contribution is 7.16. The number of carbonyl (C=O) groups is 2. The molecule has 0 radical (unpaired) electrons. The van der Waals surface area contributed by atoms with Crippen molar-refractivity contribution < 1.29 is 14.3 Å². The maximum absolute atomic E-state index is 12.3. The lowest BCUT2D eigenvalue weighted by atomic mass is 10.1. The Bertz CT molecular complexity index is 742. The molecule has 7 heteroatoms. The number of aryl methyl sites for hydroxylation is 1. The highest BCUT2D eigenvalue weighted by atomic mass is 35.5. The Kier molecular flexibility index (Phi) is 7.93. The number of thiophene rings is 1. The van der Waals surface area contributed by atoms with E-state index in [0.29, 0.717) is 29.3 Å². The van der Waals surface area contributed by atoms with Gasteiger partial charge in [-0.05, 0) is 43.5 Å². The molecule has 0 fully saturated rings. The third kappa shape index (κ3) is 5.21. The van der Waals surface area contributed by atoms with Crippen molar-refractivity contribution in [3.8, 4) is 0 Å². The van der Waals surface area contributed by atoms with Crippen LogP contribution in [0.2, 0.25) is 0 Å². The van der Waals surface area contributed by atoms with Crippen molar-refractivity contribution in [3.63, 3.8) is 0 Å². The Morgan fingerprint density at radius 2 is 1.84 bits per heavy atom. The van der Waals surface area contributed by atoms with Crippen molar-refractivity contribution in [2.24, 2.45) is 0 Å². The van der Waals surface area contributed by atoms with Crippen LogP contribution in [-0.4, -0.2) is 18.5 Å².